The van der Waals surface area contributed by atoms with Gasteiger partial charge in [-0.15, -0.1) is 0 Å². The molecule has 21 heavy (non-hydrogen) atoms. The molecule has 1 aromatic rings. The second kappa shape index (κ2) is 8.51. The topological polar surface area (TPSA) is 44.4 Å². The van der Waals surface area contributed by atoms with Gasteiger partial charge < -0.3 is 10.6 Å². The molecule has 0 radical (unpaired) electrons. The highest BCUT2D eigenvalue weighted by atomic mass is 79.9. The van der Waals surface area contributed by atoms with E-state index in [2.05, 4.69) is 38.4 Å². The summed E-state index contributed by atoms with van der Waals surface area (Å²) in [5.74, 6) is 0.0551. The quantitative estimate of drug-likeness (QED) is 0.792. The van der Waals surface area contributed by atoms with Crippen molar-refractivity contribution in [3.8, 4) is 0 Å². The van der Waals surface area contributed by atoms with Crippen LogP contribution in [0.25, 0.3) is 0 Å². The lowest BCUT2D eigenvalue weighted by Crippen LogP contribution is -2.41. The minimum atomic E-state index is 0.0551. The number of amides is 1. The van der Waals surface area contributed by atoms with Crippen LogP contribution in [0.3, 0.4) is 0 Å². The van der Waals surface area contributed by atoms with E-state index in [1.807, 2.05) is 24.3 Å². The van der Waals surface area contributed by atoms with Gasteiger partial charge in [0.2, 0.25) is 5.91 Å². The highest BCUT2D eigenvalue weighted by Crippen LogP contribution is 2.15. The van der Waals surface area contributed by atoms with Crippen LogP contribution < -0.4 is 10.6 Å². The van der Waals surface area contributed by atoms with E-state index in [1.54, 1.807) is 0 Å². The van der Waals surface area contributed by atoms with E-state index in [0.29, 0.717) is 12.6 Å². The van der Waals surface area contributed by atoms with E-state index in [4.69, 9.17) is 0 Å². The Kier molecular flexibility index (Phi) is 6.67. The normalized spacial score (nSPS) is 18.1. The Morgan fingerprint density at radius 3 is 3.05 bits per heavy atom. The molecule has 0 bridgehead atoms. The monoisotopic (exact) mass is 353 g/mol. The van der Waals surface area contributed by atoms with E-state index in [9.17, 15) is 4.79 Å². The van der Waals surface area contributed by atoms with Gasteiger partial charge in [0.05, 0.1) is 6.54 Å². The van der Waals surface area contributed by atoms with Crippen molar-refractivity contribution in [1.82, 2.24) is 10.2 Å². The van der Waals surface area contributed by atoms with Crippen LogP contribution in [-0.2, 0) is 4.79 Å². The van der Waals surface area contributed by atoms with E-state index in [-0.39, 0.29) is 5.91 Å². The summed E-state index contributed by atoms with van der Waals surface area (Å²) in [6, 6.07) is 8.23. The lowest BCUT2D eigenvalue weighted by Gasteiger charge is -2.24. The van der Waals surface area contributed by atoms with E-state index in [0.717, 1.165) is 36.2 Å². The first-order chi connectivity index (χ1) is 10.2. The van der Waals surface area contributed by atoms with Crippen molar-refractivity contribution in [3.05, 3.63) is 28.7 Å². The summed E-state index contributed by atoms with van der Waals surface area (Å²) >= 11 is 3.42. The predicted octanol–water partition coefficient (Wildman–Crippen LogP) is 2.85. The van der Waals surface area contributed by atoms with Gasteiger partial charge >= 0.3 is 0 Å². The van der Waals surface area contributed by atoms with E-state index < -0.39 is 0 Å². The summed E-state index contributed by atoms with van der Waals surface area (Å²) in [6.07, 6.45) is 3.53. The Labute approximate surface area is 135 Å². The van der Waals surface area contributed by atoms with E-state index in [1.165, 1.54) is 12.8 Å². The zero-order valence-corrected chi connectivity index (χ0v) is 14.2. The molecule has 1 saturated heterocycles. The number of benzene rings is 1. The molecule has 0 saturated carbocycles. The van der Waals surface area contributed by atoms with Crippen molar-refractivity contribution < 1.29 is 4.79 Å². The van der Waals surface area contributed by atoms with E-state index >= 15 is 0 Å². The van der Waals surface area contributed by atoms with Crippen LogP contribution in [0.15, 0.2) is 28.7 Å². The van der Waals surface area contributed by atoms with Gasteiger partial charge in [-0.2, -0.15) is 0 Å². The number of carbonyl (C=O) groups excluding carboxylic acids is 1. The molecule has 0 spiro atoms. The average Bonchev–Trinajstić information content (AvgIpc) is 2.91. The third-order valence-electron chi connectivity index (χ3n) is 3.66. The molecule has 1 aromatic carbocycles. The number of anilines is 1. The SMILES string of the molecule is CCCN(CC(=O)Nc1cccc(Br)c1)CC1CCCN1. The van der Waals surface area contributed by atoms with Gasteiger partial charge in [-0.25, -0.2) is 0 Å². The van der Waals surface area contributed by atoms with Gasteiger partial charge in [0, 0.05) is 22.7 Å². The molecular formula is C16H24BrN3O. The highest BCUT2D eigenvalue weighted by Gasteiger charge is 2.19. The second-order valence-electron chi connectivity index (χ2n) is 5.59. The first kappa shape index (κ1) is 16.5. The van der Waals surface area contributed by atoms with Crippen LogP contribution in [0.2, 0.25) is 0 Å². The van der Waals surface area contributed by atoms with Crippen molar-refractivity contribution in [3.63, 3.8) is 0 Å². The number of hydrogen-bond donors (Lipinski definition) is 2. The smallest absolute Gasteiger partial charge is 0.238 e. The van der Waals surface area contributed by atoms with Crippen molar-refractivity contribution in [2.75, 3.05) is 31.5 Å². The van der Waals surface area contributed by atoms with Crippen LogP contribution in [0.5, 0.6) is 0 Å². The van der Waals surface area contributed by atoms with Gasteiger partial charge in [-0.3, -0.25) is 9.69 Å². The Morgan fingerprint density at radius 1 is 1.52 bits per heavy atom. The Bertz CT molecular complexity index is 461. The Morgan fingerprint density at radius 2 is 2.38 bits per heavy atom. The number of halogens is 1. The van der Waals surface area contributed by atoms with Gasteiger partial charge in [0.15, 0.2) is 0 Å². The molecule has 1 unspecified atom stereocenters. The molecular weight excluding hydrogens is 330 g/mol. The maximum Gasteiger partial charge on any atom is 0.238 e. The number of nitrogens with zero attached hydrogens (tertiary/aromatic N) is 1. The molecule has 1 fully saturated rings. The van der Waals surface area contributed by atoms with Gasteiger partial charge in [-0.05, 0) is 50.6 Å². The third-order valence-corrected chi connectivity index (χ3v) is 4.15. The number of carbonyl (C=O) groups is 1. The maximum absolute atomic E-state index is 12.2. The fraction of sp³-hybridized carbons (Fsp3) is 0.562. The zero-order chi connectivity index (χ0) is 15.1. The summed E-state index contributed by atoms with van der Waals surface area (Å²) in [4.78, 5) is 14.4. The van der Waals surface area contributed by atoms with Crippen LogP contribution in [0, 0.1) is 0 Å². The molecule has 0 aliphatic carbocycles. The lowest BCUT2D eigenvalue weighted by atomic mass is 10.2. The molecule has 4 nitrogen and oxygen atoms in total. The molecule has 116 valence electrons. The number of nitrogens with one attached hydrogen (secondary N) is 2. The Balaban J connectivity index is 1.85. The number of rotatable bonds is 7. The van der Waals surface area contributed by atoms with Crippen molar-refractivity contribution in [2.24, 2.45) is 0 Å². The van der Waals surface area contributed by atoms with Crippen LogP contribution in [0.4, 0.5) is 5.69 Å². The fourth-order valence-electron chi connectivity index (χ4n) is 2.75. The molecule has 1 aliphatic heterocycles. The van der Waals surface area contributed by atoms with Crippen LogP contribution in [0.1, 0.15) is 26.2 Å². The first-order valence-electron chi connectivity index (χ1n) is 7.68. The molecule has 2 rings (SSSR count). The average molecular weight is 354 g/mol. The van der Waals surface area contributed by atoms with Crippen molar-refractivity contribution >= 4 is 27.5 Å². The summed E-state index contributed by atoms with van der Waals surface area (Å²) in [7, 11) is 0. The summed E-state index contributed by atoms with van der Waals surface area (Å²) < 4.78 is 0.973. The third kappa shape index (κ3) is 5.77. The summed E-state index contributed by atoms with van der Waals surface area (Å²) in [5, 5.41) is 6.46. The van der Waals surface area contributed by atoms with Crippen molar-refractivity contribution in [1.29, 1.82) is 0 Å². The van der Waals surface area contributed by atoms with Gasteiger partial charge in [0.1, 0.15) is 0 Å². The van der Waals surface area contributed by atoms with Crippen LogP contribution in [-0.4, -0.2) is 43.0 Å². The summed E-state index contributed by atoms with van der Waals surface area (Å²) in [6.45, 7) is 5.64. The lowest BCUT2D eigenvalue weighted by molar-refractivity contribution is -0.117. The molecule has 1 atom stereocenters. The van der Waals surface area contributed by atoms with Crippen molar-refractivity contribution in [2.45, 2.75) is 32.2 Å². The Hall–Kier alpha value is -0.910. The van der Waals surface area contributed by atoms with Gasteiger partial charge in [-0.1, -0.05) is 28.9 Å². The zero-order valence-electron chi connectivity index (χ0n) is 12.6. The van der Waals surface area contributed by atoms with Gasteiger partial charge in [0.25, 0.3) is 0 Å². The first-order valence-corrected chi connectivity index (χ1v) is 8.48. The minimum absolute atomic E-state index is 0.0551. The molecule has 5 heteroatoms. The molecule has 0 aromatic heterocycles. The molecule has 1 aliphatic rings. The standard InChI is InChI=1S/C16H24BrN3O/c1-2-9-20(11-15-7-4-8-18-15)12-16(21)19-14-6-3-5-13(17)10-14/h3,5-6,10,15,18H,2,4,7-9,11-12H2,1H3,(H,19,21). The second-order valence-corrected chi connectivity index (χ2v) is 6.50. The number of hydrogen-bond acceptors (Lipinski definition) is 3. The van der Waals surface area contributed by atoms with Crippen LogP contribution >= 0.6 is 15.9 Å². The largest absolute Gasteiger partial charge is 0.325 e. The molecule has 1 amide bonds. The molecule has 2 N–H and O–H groups in total. The molecule has 1 heterocycles. The predicted molar refractivity (Wildman–Crippen MR) is 90.5 cm³/mol. The fourth-order valence-corrected chi connectivity index (χ4v) is 3.14. The summed E-state index contributed by atoms with van der Waals surface area (Å²) in [5.41, 5.74) is 0.838. The maximum atomic E-state index is 12.2. The minimum Gasteiger partial charge on any atom is -0.325 e. The highest BCUT2D eigenvalue weighted by molar-refractivity contribution is 9.10.